The van der Waals surface area contributed by atoms with E-state index in [-0.39, 0.29) is 22.1 Å². The second kappa shape index (κ2) is 9.13. The van der Waals surface area contributed by atoms with Gasteiger partial charge in [0.25, 0.3) is 5.91 Å². The fourth-order valence-corrected chi connectivity index (χ4v) is 4.28. The van der Waals surface area contributed by atoms with Gasteiger partial charge in [0.15, 0.2) is 15.6 Å². The number of ketones is 1. The summed E-state index contributed by atoms with van der Waals surface area (Å²) >= 11 is 0. The molecule has 0 aliphatic carbocycles. The van der Waals surface area contributed by atoms with Crippen molar-refractivity contribution in [2.24, 2.45) is 0 Å². The summed E-state index contributed by atoms with van der Waals surface area (Å²) in [6, 6.07) is 8.68. The highest BCUT2D eigenvalue weighted by Gasteiger charge is 2.28. The molecule has 0 atom stereocenters. The summed E-state index contributed by atoms with van der Waals surface area (Å²) in [4.78, 5) is 28.3. The first-order chi connectivity index (χ1) is 15.3. The molecule has 9 heteroatoms. The third-order valence-corrected chi connectivity index (χ3v) is 6.40. The van der Waals surface area contributed by atoms with Crippen LogP contribution in [0.1, 0.15) is 48.4 Å². The molecular formula is C24H29FN2O5S. The van der Waals surface area contributed by atoms with Crippen molar-refractivity contribution in [3.8, 4) is 5.75 Å². The molecule has 7 nitrogen and oxygen atoms in total. The van der Waals surface area contributed by atoms with Gasteiger partial charge in [-0.3, -0.25) is 9.59 Å². The Morgan fingerprint density at radius 2 is 1.64 bits per heavy atom. The molecule has 2 aromatic carbocycles. The third-order valence-electron chi connectivity index (χ3n) is 5.29. The van der Waals surface area contributed by atoms with E-state index < -0.39 is 21.3 Å². The Hall–Kier alpha value is -2.94. The van der Waals surface area contributed by atoms with E-state index in [9.17, 15) is 22.4 Å². The Morgan fingerprint density at radius 1 is 1.00 bits per heavy atom. The number of hydrogen-bond acceptors (Lipinski definition) is 6. The Kier molecular flexibility index (Phi) is 6.83. The molecule has 1 aliphatic rings. The van der Waals surface area contributed by atoms with Gasteiger partial charge in [-0.2, -0.15) is 0 Å². The number of rotatable bonds is 5. The van der Waals surface area contributed by atoms with E-state index in [4.69, 9.17) is 4.74 Å². The van der Waals surface area contributed by atoms with E-state index >= 15 is 0 Å². The van der Waals surface area contributed by atoms with Crippen LogP contribution in [0.3, 0.4) is 0 Å². The molecule has 1 saturated heterocycles. The Balaban J connectivity index is 1.82. The van der Waals surface area contributed by atoms with E-state index in [1.807, 2.05) is 25.7 Å². The molecule has 2 aromatic rings. The third kappa shape index (κ3) is 5.90. The minimum Gasteiger partial charge on any atom is -0.487 e. The van der Waals surface area contributed by atoms with Gasteiger partial charge >= 0.3 is 0 Å². The van der Waals surface area contributed by atoms with Crippen molar-refractivity contribution >= 4 is 27.2 Å². The molecule has 1 fully saturated rings. The molecule has 3 rings (SSSR count). The van der Waals surface area contributed by atoms with Gasteiger partial charge in [0.1, 0.15) is 17.2 Å². The first-order valence-corrected chi connectivity index (χ1v) is 12.5. The number of carbonyl (C=O) groups excluding carboxylic acids is 2. The lowest BCUT2D eigenvalue weighted by Gasteiger charge is -2.36. The predicted molar refractivity (Wildman–Crippen MR) is 124 cm³/mol. The molecule has 1 heterocycles. The van der Waals surface area contributed by atoms with E-state index in [0.29, 0.717) is 43.2 Å². The molecule has 0 unspecified atom stereocenters. The van der Waals surface area contributed by atoms with Gasteiger partial charge in [0.05, 0.1) is 16.1 Å². The fraction of sp³-hybridized carbons (Fsp3) is 0.417. The van der Waals surface area contributed by atoms with Crippen molar-refractivity contribution in [1.29, 1.82) is 0 Å². The first kappa shape index (κ1) is 24.7. The molecule has 0 aromatic heterocycles. The SMILES string of the molecule is CC(=O)c1ccc(N2CCN(C(=O)c3cc(S(C)(=O)=O)ccc3OC(C)(C)C)CC2)c(F)c1. The van der Waals surface area contributed by atoms with E-state index in [1.165, 1.54) is 31.2 Å². The summed E-state index contributed by atoms with van der Waals surface area (Å²) in [5.41, 5.74) is 0.285. The standard InChI is InChI=1S/C24H29FN2O5S/c1-16(28)17-6-8-21(20(25)14-17)26-10-12-27(13-11-26)23(29)19-15-18(33(5,30)31)7-9-22(19)32-24(2,3)4/h6-9,14-15H,10-13H2,1-5H3. The van der Waals surface area contributed by atoms with Crippen LogP contribution in [0.4, 0.5) is 10.1 Å². The van der Waals surface area contributed by atoms with E-state index in [0.717, 1.165) is 6.26 Å². The number of halogens is 1. The number of carbonyl (C=O) groups is 2. The van der Waals surface area contributed by atoms with Gasteiger partial charge in [-0.1, -0.05) is 0 Å². The second-order valence-electron chi connectivity index (χ2n) is 9.15. The van der Waals surface area contributed by atoms with Crippen molar-refractivity contribution in [3.05, 3.63) is 53.3 Å². The van der Waals surface area contributed by atoms with Crippen molar-refractivity contribution in [2.75, 3.05) is 37.3 Å². The average molecular weight is 477 g/mol. The van der Waals surface area contributed by atoms with Crippen LogP contribution in [0.5, 0.6) is 5.75 Å². The quantitative estimate of drug-likeness (QED) is 0.614. The average Bonchev–Trinajstić information content (AvgIpc) is 2.71. The zero-order valence-electron chi connectivity index (χ0n) is 19.5. The fourth-order valence-electron chi connectivity index (χ4n) is 3.63. The topological polar surface area (TPSA) is 84.0 Å². The molecule has 1 aliphatic heterocycles. The van der Waals surface area contributed by atoms with E-state index in [1.54, 1.807) is 17.0 Å². The number of nitrogens with zero attached hydrogens (tertiary/aromatic N) is 2. The highest BCUT2D eigenvalue weighted by molar-refractivity contribution is 7.90. The summed E-state index contributed by atoms with van der Waals surface area (Å²) in [5.74, 6) is -0.718. The monoisotopic (exact) mass is 476 g/mol. The lowest BCUT2D eigenvalue weighted by Crippen LogP contribution is -2.49. The Bertz CT molecular complexity index is 1180. The number of anilines is 1. The smallest absolute Gasteiger partial charge is 0.257 e. The van der Waals surface area contributed by atoms with Gasteiger partial charge in [0, 0.05) is 38.0 Å². The number of amides is 1. The number of ether oxygens (including phenoxy) is 1. The summed E-state index contributed by atoms with van der Waals surface area (Å²) in [6.07, 6.45) is 1.09. The van der Waals surface area contributed by atoms with Gasteiger partial charge in [-0.25, -0.2) is 12.8 Å². The zero-order chi connectivity index (χ0) is 24.6. The maximum absolute atomic E-state index is 14.5. The normalized spacial score (nSPS) is 14.8. The predicted octanol–water partition coefficient (Wildman–Crippen LogP) is 3.57. The number of benzene rings is 2. The van der Waals surface area contributed by atoms with Gasteiger partial charge in [-0.05, 0) is 64.1 Å². The molecule has 0 saturated carbocycles. The maximum atomic E-state index is 14.5. The molecule has 1 amide bonds. The molecule has 0 radical (unpaired) electrons. The maximum Gasteiger partial charge on any atom is 0.257 e. The molecule has 178 valence electrons. The highest BCUT2D eigenvalue weighted by atomic mass is 32.2. The van der Waals surface area contributed by atoms with Crippen molar-refractivity contribution in [1.82, 2.24) is 4.90 Å². The largest absolute Gasteiger partial charge is 0.487 e. The number of hydrogen-bond donors (Lipinski definition) is 0. The molecule has 33 heavy (non-hydrogen) atoms. The van der Waals surface area contributed by atoms with Gasteiger partial charge in [0.2, 0.25) is 0 Å². The van der Waals surface area contributed by atoms with Crippen LogP contribution >= 0.6 is 0 Å². The minimum absolute atomic E-state index is 0.0402. The van der Waals surface area contributed by atoms with Gasteiger partial charge < -0.3 is 14.5 Å². The Labute approximate surface area is 194 Å². The highest BCUT2D eigenvalue weighted by Crippen LogP contribution is 2.29. The lowest BCUT2D eigenvalue weighted by molar-refractivity contribution is 0.0729. The van der Waals surface area contributed by atoms with Crippen molar-refractivity contribution in [3.63, 3.8) is 0 Å². The van der Waals surface area contributed by atoms with Crippen LogP contribution in [0.25, 0.3) is 0 Å². The zero-order valence-corrected chi connectivity index (χ0v) is 20.3. The van der Waals surface area contributed by atoms with Crippen LogP contribution in [0, 0.1) is 5.82 Å². The lowest BCUT2D eigenvalue weighted by atomic mass is 10.1. The summed E-state index contributed by atoms with van der Waals surface area (Å²) < 4.78 is 44.6. The van der Waals surface area contributed by atoms with Crippen LogP contribution in [0.15, 0.2) is 41.3 Å². The second-order valence-corrected chi connectivity index (χ2v) is 11.2. The van der Waals surface area contributed by atoms with Gasteiger partial charge in [-0.15, -0.1) is 0 Å². The number of Topliss-reactive ketones (excluding diaryl/α,β-unsaturated/α-hetero) is 1. The van der Waals surface area contributed by atoms with Crippen LogP contribution in [0.2, 0.25) is 0 Å². The first-order valence-electron chi connectivity index (χ1n) is 10.6. The van der Waals surface area contributed by atoms with E-state index in [2.05, 4.69) is 0 Å². The van der Waals surface area contributed by atoms with Crippen LogP contribution in [-0.4, -0.2) is 63.0 Å². The summed E-state index contributed by atoms with van der Waals surface area (Å²) in [7, 11) is -3.51. The molecule has 0 spiro atoms. The van der Waals surface area contributed by atoms with Crippen molar-refractivity contribution < 1.29 is 27.1 Å². The number of sulfone groups is 1. The molecule has 0 bridgehead atoms. The summed E-state index contributed by atoms with van der Waals surface area (Å²) in [5, 5.41) is 0. The van der Waals surface area contributed by atoms with Crippen molar-refractivity contribution in [2.45, 2.75) is 38.2 Å². The minimum atomic E-state index is -3.51. The molecule has 0 N–H and O–H groups in total. The Morgan fingerprint density at radius 3 is 2.15 bits per heavy atom. The van der Waals surface area contributed by atoms with Crippen LogP contribution in [-0.2, 0) is 9.84 Å². The summed E-state index contributed by atoms with van der Waals surface area (Å²) in [6.45, 7) is 8.35. The van der Waals surface area contributed by atoms with Crippen LogP contribution < -0.4 is 9.64 Å². The number of piperazine rings is 1. The molecular weight excluding hydrogens is 447 g/mol.